The number of halogens is 2. The quantitative estimate of drug-likeness (QED) is 0.290. The topological polar surface area (TPSA) is 95.0 Å². The van der Waals surface area contributed by atoms with Crippen LogP contribution in [0.2, 0.25) is 5.02 Å². The van der Waals surface area contributed by atoms with E-state index in [1.54, 1.807) is 13.0 Å². The summed E-state index contributed by atoms with van der Waals surface area (Å²) in [5, 5.41) is 10.3. The molecule has 1 N–H and O–H groups in total. The van der Waals surface area contributed by atoms with Crippen molar-refractivity contribution >= 4 is 23.4 Å². The number of carbonyl (C=O) groups is 2. The summed E-state index contributed by atoms with van der Waals surface area (Å²) in [6, 6.07) is 5.18. The lowest BCUT2D eigenvalue weighted by atomic mass is 10.0. The van der Waals surface area contributed by atoms with E-state index in [4.69, 9.17) is 25.8 Å². The average molecular weight is 466 g/mol. The molecule has 0 aliphatic rings. The molecule has 9 heteroatoms. The molecule has 0 aliphatic heterocycles. The molecule has 1 aromatic heterocycles. The molecule has 0 aliphatic carbocycles. The molecule has 0 saturated carbocycles. The Hall–Kier alpha value is -3.13. The number of carbonyl (C=O) groups excluding carboxylic acids is 2. The predicted molar refractivity (Wildman–Crippen MR) is 117 cm³/mol. The highest BCUT2D eigenvalue weighted by Crippen LogP contribution is 2.29. The van der Waals surface area contributed by atoms with Crippen LogP contribution in [0.5, 0.6) is 17.2 Å². The van der Waals surface area contributed by atoms with Gasteiger partial charge in [0.25, 0.3) is 0 Å². The first kappa shape index (κ1) is 25.1. The van der Waals surface area contributed by atoms with Gasteiger partial charge in [0.15, 0.2) is 23.0 Å². The van der Waals surface area contributed by atoms with Gasteiger partial charge in [-0.2, -0.15) is 0 Å². The van der Waals surface area contributed by atoms with Crippen LogP contribution in [0.4, 0.5) is 4.39 Å². The Balaban J connectivity index is 2.03. The summed E-state index contributed by atoms with van der Waals surface area (Å²) in [6.45, 7) is 6.81. The van der Waals surface area contributed by atoms with Crippen molar-refractivity contribution in [2.24, 2.45) is 5.92 Å². The third kappa shape index (κ3) is 6.68. The Morgan fingerprint density at radius 3 is 2.66 bits per heavy atom. The maximum absolute atomic E-state index is 13.6. The van der Waals surface area contributed by atoms with E-state index in [0.29, 0.717) is 6.42 Å². The number of ether oxygens (including phenoxy) is 3. The summed E-state index contributed by atoms with van der Waals surface area (Å²) >= 11 is 5.86. The Morgan fingerprint density at radius 1 is 1.31 bits per heavy atom. The van der Waals surface area contributed by atoms with Crippen molar-refractivity contribution in [1.29, 1.82) is 0 Å². The molecule has 172 valence electrons. The van der Waals surface area contributed by atoms with Crippen LogP contribution in [-0.4, -0.2) is 41.2 Å². The van der Waals surface area contributed by atoms with Crippen LogP contribution >= 0.6 is 11.6 Å². The molecule has 0 unspecified atom stereocenters. The van der Waals surface area contributed by atoms with Crippen LogP contribution in [0.15, 0.2) is 43.1 Å². The van der Waals surface area contributed by atoms with Crippen molar-refractivity contribution in [3.05, 3.63) is 59.7 Å². The number of benzene rings is 1. The fourth-order valence-corrected chi connectivity index (χ4v) is 3.12. The van der Waals surface area contributed by atoms with Crippen molar-refractivity contribution < 1.29 is 33.3 Å². The van der Waals surface area contributed by atoms with Crippen LogP contribution in [-0.2, 0) is 9.53 Å². The van der Waals surface area contributed by atoms with Crippen molar-refractivity contribution in [3.8, 4) is 17.2 Å². The number of hydrogen-bond donors (Lipinski definition) is 1. The molecule has 0 bridgehead atoms. The maximum atomic E-state index is 13.6. The average Bonchev–Trinajstić information content (AvgIpc) is 2.72. The first-order valence-corrected chi connectivity index (χ1v) is 10.2. The molecule has 7 nitrogen and oxygen atoms in total. The number of esters is 1. The molecule has 3 atom stereocenters. The zero-order chi connectivity index (χ0) is 23.8. The number of methoxy groups -OCH3 is 1. The highest BCUT2D eigenvalue weighted by molar-refractivity contribution is 6.30. The number of ketones is 1. The van der Waals surface area contributed by atoms with Gasteiger partial charge in [-0.15, -0.1) is 6.58 Å². The predicted octanol–water partition coefficient (Wildman–Crippen LogP) is 4.75. The number of nitrogens with zero attached hydrogens (tertiary/aromatic N) is 1. The van der Waals surface area contributed by atoms with Crippen molar-refractivity contribution in [2.75, 3.05) is 7.11 Å². The van der Waals surface area contributed by atoms with E-state index in [9.17, 15) is 19.1 Å². The summed E-state index contributed by atoms with van der Waals surface area (Å²) in [6.07, 6.45) is 1.61. The number of Topliss-reactive ketones (excluding diaryl/α,β-unsaturated/α-hetero) is 1. The van der Waals surface area contributed by atoms with Crippen LogP contribution in [0.3, 0.4) is 0 Å². The number of hydrogen-bond acceptors (Lipinski definition) is 7. The number of aromatic nitrogens is 1. The second-order valence-electron chi connectivity index (χ2n) is 7.17. The molecule has 0 radical (unpaired) electrons. The van der Waals surface area contributed by atoms with Crippen molar-refractivity contribution in [1.82, 2.24) is 4.98 Å². The van der Waals surface area contributed by atoms with E-state index in [1.807, 2.05) is 0 Å². The van der Waals surface area contributed by atoms with E-state index >= 15 is 0 Å². The van der Waals surface area contributed by atoms with E-state index in [1.165, 1.54) is 38.4 Å². The highest BCUT2D eigenvalue weighted by Gasteiger charge is 2.28. The largest absolute Gasteiger partial charge is 0.503 e. The van der Waals surface area contributed by atoms with Gasteiger partial charge in [0.05, 0.1) is 13.0 Å². The third-order valence-corrected chi connectivity index (χ3v) is 4.83. The summed E-state index contributed by atoms with van der Waals surface area (Å²) in [4.78, 5) is 28.9. The minimum atomic E-state index is -0.814. The van der Waals surface area contributed by atoms with E-state index in [0.717, 1.165) is 6.07 Å². The van der Waals surface area contributed by atoms with Gasteiger partial charge >= 0.3 is 5.97 Å². The Morgan fingerprint density at radius 2 is 2.03 bits per heavy atom. The summed E-state index contributed by atoms with van der Waals surface area (Å²) in [7, 11) is 1.35. The first-order valence-electron chi connectivity index (χ1n) is 9.85. The Labute approximate surface area is 190 Å². The monoisotopic (exact) mass is 465 g/mol. The van der Waals surface area contributed by atoms with Crippen LogP contribution in [0.25, 0.3) is 0 Å². The second-order valence-corrected chi connectivity index (χ2v) is 7.60. The molecule has 1 aromatic carbocycles. The number of rotatable bonds is 11. The zero-order valence-electron chi connectivity index (χ0n) is 18.0. The van der Waals surface area contributed by atoms with Gasteiger partial charge in [0.1, 0.15) is 23.8 Å². The minimum Gasteiger partial charge on any atom is -0.503 e. The SMILES string of the molecule is C=CC[C@@H](Oc1cc(F)cc(Cl)c1)[C@H](C)OC(=O)[C@H](C)CC(=O)c1nccc(OC)c1O. The molecular weight excluding hydrogens is 441 g/mol. The lowest BCUT2D eigenvalue weighted by Gasteiger charge is -2.25. The molecule has 2 aromatic rings. The molecule has 0 amide bonds. The van der Waals surface area contributed by atoms with Gasteiger partial charge in [-0.3, -0.25) is 9.59 Å². The highest BCUT2D eigenvalue weighted by atomic mass is 35.5. The molecule has 1 heterocycles. The van der Waals surface area contributed by atoms with Crippen molar-refractivity contribution in [2.45, 2.75) is 38.9 Å². The van der Waals surface area contributed by atoms with Crippen LogP contribution in [0.1, 0.15) is 37.2 Å². The molecule has 0 spiro atoms. The second kappa shape index (κ2) is 11.5. The first-order chi connectivity index (χ1) is 15.2. The summed E-state index contributed by atoms with van der Waals surface area (Å²) < 4.78 is 29.8. The number of aromatic hydroxyl groups is 1. The maximum Gasteiger partial charge on any atom is 0.309 e. The van der Waals surface area contributed by atoms with Gasteiger partial charge < -0.3 is 19.3 Å². The lowest BCUT2D eigenvalue weighted by Crippen LogP contribution is -2.35. The van der Waals surface area contributed by atoms with Gasteiger partial charge in [0, 0.05) is 36.2 Å². The van der Waals surface area contributed by atoms with Crippen molar-refractivity contribution in [3.63, 3.8) is 0 Å². The normalized spacial score (nSPS) is 13.5. The molecule has 0 saturated heterocycles. The van der Waals surface area contributed by atoms with E-state index < -0.39 is 35.7 Å². The third-order valence-electron chi connectivity index (χ3n) is 4.61. The Kier molecular flexibility index (Phi) is 9.02. The van der Waals surface area contributed by atoms with Gasteiger partial charge in [-0.1, -0.05) is 24.6 Å². The van der Waals surface area contributed by atoms with Crippen LogP contribution < -0.4 is 9.47 Å². The standard InChI is InChI=1S/C23H25ClFNO6/c1-5-6-19(32-17-11-15(24)10-16(25)12-17)14(3)31-23(29)13(2)9-18(27)21-22(28)20(30-4)7-8-26-21/h5,7-8,10-14,19,28H,1,6,9H2,2-4H3/t13-,14+,19-/m1/s1. The van der Waals surface area contributed by atoms with Gasteiger partial charge in [0.2, 0.25) is 0 Å². The Bertz CT molecular complexity index is 963. The molecule has 0 fully saturated rings. The van der Waals surface area contributed by atoms with E-state index in [-0.39, 0.29) is 34.4 Å². The molecule has 32 heavy (non-hydrogen) atoms. The van der Waals surface area contributed by atoms with E-state index in [2.05, 4.69) is 11.6 Å². The smallest absolute Gasteiger partial charge is 0.309 e. The summed E-state index contributed by atoms with van der Waals surface area (Å²) in [5.41, 5.74) is -0.187. The fraction of sp³-hybridized carbons (Fsp3) is 0.348. The summed E-state index contributed by atoms with van der Waals surface area (Å²) in [5.74, 6) is -2.64. The van der Waals surface area contributed by atoms with Gasteiger partial charge in [-0.05, 0) is 19.1 Å². The molecule has 2 rings (SSSR count). The zero-order valence-corrected chi connectivity index (χ0v) is 18.8. The van der Waals surface area contributed by atoms with Crippen LogP contribution in [0, 0.1) is 11.7 Å². The molecular formula is C23H25ClFNO6. The lowest BCUT2D eigenvalue weighted by molar-refractivity contribution is -0.157. The number of pyridine rings is 1. The minimum absolute atomic E-state index is 0.106. The fourth-order valence-electron chi connectivity index (χ4n) is 2.91. The van der Waals surface area contributed by atoms with Gasteiger partial charge in [-0.25, -0.2) is 9.37 Å².